The van der Waals surface area contributed by atoms with E-state index in [1.807, 2.05) is 13.0 Å². The van der Waals surface area contributed by atoms with E-state index in [4.69, 9.17) is 4.74 Å². The van der Waals surface area contributed by atoms with Gasteiger partial charge in [-0.2, -0.15) is 4.98 Å². The van der Waals surface area contributed by atoms with Gasteiger partial charge in [-0.05, 0) is 32.4 Å². The molecule has 0 amide bonds. The highest BCUT2D eigenvalue weighted by molar-refractivity contribution is 5.41. The van der Waals surface area contributed by atoms with Gasteiger partial charge in [-0.25, -0.2) is 4.98 Å². The molecule has 2 aliphatic heterocycles. The number of nitrogens with one attached hydrogen (secondary N) is 2. The van der Waals surface area contributed by atoms with E-state index in [2.05, 4.69) is 30.1 Å². The van der Waals surface area contributed by atoms with E-state index in [0.717, 1.165) is 81.9 Å². The van der Waals surface area contributed by atoms with E-state index in [9.17, 15) is 4.79 Å². The molecule has 2 aromatic heterocycles. The number of aromatic nitrogens is 3. The third-order valence-corrected chi connectivity index (χ3v) is 5.36. The number of pyridine rings is 1. The Labute approximate surface area is 164 Å². The molecule has 2 aliphatic rings. The fourth-order valence-corrected chi connectivity index (χ4v) is 4.02. The van der Waals surface area contributed by atoms with Crippen LogP contribution in [0.3, 0.4) is 0 Å². The lowest BCUT2D eigenvalue weighted by molar-refractivity contribution is 0.122. The van der Waals surface area contributed by atoms with Crippen LogP contribution < -0.4 is 15.6 Å². The summed E-state index contributed by atoms with van der Waals surface area (Å²) in [5, 5.41) is 3.42. The summed E-state index contributed by atoms with van der Waals surface area (Å²) >= 11 is 0. The maximum absolute atomic E-state index is 11.9. The standard InChI is InChI=1S/C20H28N6O2/c1-15-13-16(27)14-17(23-15)18-3-2-7-25(18)8-6-21-19-4-5-22-20(24-19)26-9-11-28-12-10-26/h4-5,13-14,18H,2-3,6-12H2,1H3,(H,23,27)(H,21,22,24). The predicted molar refractivity (Wildman–Crippen MR) is 109 cm³/mol. The predicted octanol–water partition coefficient (Wildman–Crippen LogP) is 1.56. The normalized spacial score (nSPS) is 20.5. The molecule has 4 heterocycles. The zero-order valence-electron chi connectivity index (χ0n) is 16.4. The second-order valence-corrected chi connectivity index (χ2v) is 7.42. The maximum Gasteiger partial charge on any atom is 0.227 e. The number of hydrogen-bond acceptors (Lipinski definition) is 7. The average Bonchev–Trinajstić information content (AvgIpc) is 3.17. The van der Waals surface area contributed by atoms with Crippen molar-refractivity contribution in [3.05, 3.63) is 46.0 Å². The van der Waals surface area contributed by atoms with Crippen molar-refractivity contribution >= 4 is 11.8 Å². The Morgan fingerprint density at radius 3 is 2.96 bits per heavy atom. The number of likely N-dealkylation sites (tertiary alicyclic amines) is 1. The van der Waals surface area contributed by atoms with Crippen LogP contribution in [-0.4, -0.2) is 65.8 Å². The van der Waals surface area contributed by atoms with Crippen molar-refractivity contribution in [1.82, 2.24) is 19.9 Å². The molecule has 2 N–H and O–H groups in total. The third-order valence-electron chi connectivity index (χ3n) is 5.36. The number of rotatable bonds is 6. The van der Waals surface area contributed by atoms with Crippen LogP contribution in [0, 0.1) is 6.92 Å². The molecule has 2 fully saturated rings. The van der Waals surface area contributed by atoms with E-state index in [-0.39, 0.29) is 11.5 Å². The zero-order chi connectivity index (χ0) is 19.3. The Morgan fingerprint density at radius 2 is 2.14 bits per heavy atom. The summed E-state index contributed by atoms with van der Waals surface area (Å²) in [6, 6.07) is 5.57. The van der Waals surface area contributed by atoms with E-state index >= 15 is 0 Å². The number of ether oxygens (including phenoxy) is 1. The maximum atomic E-state index is 11.9. The lowest BCUT2D eigenvalue weighted by Crippen LogP contribution is -2.37. The van der Waals surface area contributed by atoms with Gasteiger partial charge in [-0.1, -0.05) is 0 Å². The molecule has 150 valence electrons. The number of aromatic amines is 1. The van der Waals surface area contributed by atoms with Crippen LogP contribution in [0.4, 0.5) is 11.8 Å². The highest BCUT2D eigenvalue weighted by atomic mass is 16.5. The molecule has 0 radical (unpaired) electrons. The number of nitrogens with zero attached hydrogens (tertiary/aromatic N) is 4. The van der Waals surface area contributed by atoms with Gasteiger partial charge in [0.05, 0.1) is 19.3 Å². The molecule has 0 bridgehead atoms. The van der Waals surface area contributed by atoms with Gasteiger partial charge in [0.25, 0.3) is 0 Å². The molecular weight excluding hydrogens is 356 g/mol. The van der Waals surface area contributed by atoms with Crippen molar-refractivity contribution in [3.63, 3.8) is 0 Å². The van der Waals surface area contributed by atoms with E-state index in [0.29, 0.717) is 0 Å². The fourth-order valence-electron chi connectivity index (χ4n) is 4.02. The van der Waals surface area contributed by atoms with Crippen molar-refractivity contribution in [2.24, 2.45) is 0 Å². The average molecular weight is 384 g/mol. The van der Waals surface area contributed by atoms with Gasteiger partial charge in [0.1, 0.15) is 5.82 Å². The molecule has 8 heteroatoms. The minimum Gasteiger partial charge on any atom is -0.378 e. The van der Waals surface area contributed by atoms with Crippen molar-refractivity contribution in [2.45, 2.75) is 25.8 Å². The van der Waals surface area contributed by atoms with Gasteiger partial charge in [0.15, 0.2) is 5.43 Å². The molecule has 2 saturated heterocycles. The summed E-state index contributed by atoms with van der Waals surface area (Å²) in [6.45, 7) is 7.78. The minimum atomic E-state index is 0.0767. The first-order chi connectivity index (χ1) is 13.7. The molecule has 2 aromatic rings. The number of aryl methyl sites for hydroxylation is 1. The smallest absolute Gasteiger partial charge is 0.227 e. The van der Waals surface area contributed by atoms with E-state index in [1.165, 1.54) is 0 Å². The van der Waals surface area contributed by atoms with Crippen molar-refractivity contribution in [1.29, 1.82) is 0 Å². The van der Waals surface area contributed by atoms with Crippen LogP contribution in [0.25, 0.3) is 0 Å². The highest BCUT2D eigenvalue weighted by Crippen LogP contribution is 2.29. The summed E-state index contributed by atoms with van der Waals surface area (Å²) in [6.07, 6.45) is 4.03. The summed E-state index contributed by atoms with van der Waals surface area (Å²) < 4.78 is 5.39. The Kier molecular flexibility index (Phi) is 5.87. The Balaban J connectivity index is 1.35. The fraction of sp³-hybridized carbons (Fsp3) is 0.550. The molecule has 28 heavy (non-hydrogen) atoms. The van der Waals surface area contributed by atoms with Crippen LogP contribution in [0.1, 0.15) is 30.3 Å². The van der Waals surface area contributed by atoms with Crippen LogP contribution in [-0.2, 0) is 4.74 Å². The largest absolute Gasteiger partial charge is 0.378 e. The van der Waals surface area contributed by atoms with Gasteiger partial charge in [-0.15, -0.1) is 0 Å². The molecule has 4 rings (SSSR count). The molecule has 0 aliphatic carbocycles. The van der Waals surface area contributed by atoms with Crippen LogP contribution >= 0.6 is 0 Å². The molecule has 0 spiro atoms. The SMILES string of the molecule is Cc1cc(=O)cc(C2CCCN2CCNc2ccnc(N3CCOCC3)n2)[nH]1. The molecular formula is C20H28N6O2. The number of hydrogen-bond donors (Lipinski definition) is 2. The van der Waals surface area contributed by atoms with Crippen LogP contribution in [0.2, 0.25) is 0 Å². The lowest BCUT2D eigenvalue weighted by Gasteiger charge is -2.27. The van der Waals surface area contributed by atoms with Gasteiger partial charge < -0.3 is 19.9 Å². The monoisotopic (exact) mass is 384 g/mol. The summed E-state index contributed by atoms with van der Waals surface area (Å²) in [5.41, 5.74) is 2.02. The molecule has 1 atom stereocenters. The molecule has 0 saturated carbocycles. The van der Waals surface area contributed by atoms with Crippen LogP contribution in [0.15, 0.2) is 29.2 Å². The Hall–Kier alpha value is -2.45. The Bertz CT molecular complexity index is 849. The zero-order valence-corrected chi connectivity index (χ0v) is 16.4. The number of anilines is 2. The number of H-pyrrole nitrogens is 1. The second kappa shape index (κ2) is 8.70. The van der Waals surface area contributed by atoms with Crippen molar-refractivity contribution < 1.29 is 4.74 Å². The third kappa shape index (κ3) is 4.51. The van der Waals surface area contributed by atoms with Gasteiger partial charge in [0.2, 0.25) is 5.95 Å². The first-order valence-electron chi connectivity index (χ1n) is 10.0. The quantitative estimate of drug-likeness (QED) is 0.782. The lowest BCUT2D eigenvalue weighted by atomic mass is 10.1. The van der Waals surface area contributed by atoms with Crippen LogP contribution in [0.5, 0.6) is 0 Å². The first-order valence-corrected chi connectivity index (χ1v) is 10.0. The molecule has 1 unspecified atom stereocenters. The molecule has 8 nitrogen and oxygen atoms in total. The first kappa shape index (κ1) is 18.9. The van der Waals surface area contributed by atoms with Crippen molar-refractivity contribution in [3.8, 4) is 0 Å². The van der Waals surface area contributed by atoms with Gasteiger partial charge in [-0.3, -0.25) is 9.69 Å². The topological polar surface area (TPSA) is 86.4 Å². The highest BCUT2D eigenvalue weighted by Gasteiger charge is 2.26. The van der Waals surface area contributed by atoms with E-state index < -0.39 is 0 Å². The molecule has 0 aromatic carbocycles. The van der Waals surface area contributed by atoms with Crippen molar-refractivity contribution in [2.75, 3.05) is 56.2 Å². The second-order valence-electron chi connectivity index (χ2n) is 7.42. The summed E-state index contributed by atoms with van der Waals surface area (Å²) in [5.74, 6) is 1.60. The number of morpholine rings is 1. The van der Waals surface area contributed by atoms with Gasteiger partial charge >= 0.3 is 0 Å². The van der Waals surface area contributed by atoms with E-state index in [1.54, 1.807) is 18.3 Å². The van der Waals surface area contributed by atoms with Gasteiger partial charge in [0, 0.05) is 55.9 Å². The minimum absolute atomic E-state index is 0.0767. The summed E-state index contributed by atoms with van der Waals surface area (Å²) in [7, 11) is 0. The Morgan fingerprint density at radius 1 is 1.29 bits per heavy atom. The summed E-state index contributed by atoms with van der Waals surface area (Å²) in [4.78, 5) is 28.9.